The van der Waals surface area contributed by atoms with Crippen LogP contribution in [0.1, 0.15) is 37.3 Å². The Labute approximate surface area is 260 Å². The number of benzene rings is 3. The Morgan fingerprint density at radius 1 is 0.727 bits per heavy atom. The van der Waals surface area contributed by atoms with E-state index in [1.54, 1.807) is 91.0 Å². The monoisotopic (exact) mass is 632 g/mol. The third kappa shape index (κ3) is 6.11. The van der Waals surface area contributed by atoms with E-state index in [1.165, 1.54) is 10.9 Å². The van der Waals surface area contributed by atoms with Gasteiger partial charge in [0.1, 0.15) is 18.2 Å². The first kappa shape index (κ1) is 29.2. The number of esters is 3. The second kappa shape index (κ2) is 12.8. The van der Waals surface area contributed by atoms with Crippen LogP contribution in [0.5, 0.6) is 0 Å². The molecule has 0 bridgehead atoms. The molecule has 13 heteroatoms. The molecule has 1 aliphatic rings. The second-order valence-corrected chi connectivity index (χ2v) is 10.3. The van der Waals surface area contributed by atoms with Crippen LogP contribution in [0.25, 0.3) is 11.2 Å². The summed E-state index contributed by atoms with van der Waals surface area (Å²) in [4.78, 5) is 51.9. The summed E-state index contributed by atoms with van der Waals surface area (Å²) in [6.45, 7) is -0.348. The van der Waals surface area contributed by atoms with Gasteiger partial charge in [-0.3, -0.25) is 4.57 Å². The minimum Gasteiger partial charge on any atom is -0.459 e. The van der Waals surface area contributed by atoms with Gasteiger partial charge in [-0.25, -0.2) is 24.4 Å². The van der Waals surface area contributed by atoms with Gasteiger partial charge in [-0.05, 0) is 48.0 Å². The number of hydrogen-bond acceptors (Lipinski definition) is 10. The maximum atomic E-state index is 13.4. The van der Waals surface area contributed by atoms with Crippen LogP contribution in [0.2, 0.25) is 10.4 Å². The van der Waals surface area contributed by atoms with Gasteiger partial charge in [0.2, 0.25) is 5.28 Å². The van der Waals surface area contributed by atoms with Gasteiger partial charge in [-0.15, -0.1) is 0 Å². The predicted octanol–water partition coefficient (Wildman–Crippen LogP) is 5.34. The van der Waals surface area contributed by atoms with Crippen LogP contribution in [0.4, 0.5) is 0 Å². The van der Waals surface area contributed by atoms with E-state index in [0.29, 0.717) is 5.56 Å². The van der Waals surface area contributed by atoms with Gasteiger partial charge in [0.05, 0.1) is 23.0 Å². The molecule has 0 unspecified atom stereocenters. The van der Waals surface area contributed by atoms with E-state index in [2.05, 4.69) is 15.0 Å². The van der Waals surface area contributed by atoms with E-state index in [1.807, 2.05) is 0 Å². The third-order valence-corrected chi connectivity index (χ3v) is 7.24. The number of rotatable bonds is 8. The molecule has 1 saturated heterocycles. The smallest absolute Gasteiger partial charge is 0.338 e. The minimum absolute atomic E-state index is 0.00465. The summed E-state index contributed by atoms with van der Waals surface area (Å²) in [5.74, 6) is -2.03. The zero-order valence-electron chi connectivity index (χ0n) is 22.7. The van der Waals surface area contributed by atoms with Crippen LogP contribution < -0.4 is 0 Å². The Balaban J connectivity index is 1.39. The van der Waals surface area contributed by atoms with Crippen LogP contribution in [0, 0.1) is 0 Å². The van der Waals surface area contributed by atoms with Crippen molar-refractivity contribution in [2.45, 2.75) is 24.5 Å². The fourth-order valence-electron chi connectivity index (χ4n) is 4.72. The summed E-state index contributed by atoms with van der Waals surface area (Å²) >= 11 is 12.4. The molecule has 44 heavy (non-hydrogen) atoms. The van der Waals surface area contributed by atoms with Crippen molar-refractivity contribution in [3.63, 3.8) is 0 Å². The molecule has 222 valence electrons. The number of ether oxygens (including phenoxy) is 4. The number of imidazole rings is 1. The molecular weight excluding hydrogens is 611 g/mol. The van der Waals surface area contributed by atoms with E-state index in [0.717, 1.165) is 0 Å². The molecule has 0 saturated carbocycles. The quantitative estimate of drug-likeness (QED) is 0.0955. The number of nitrogens with zero attached hydrogens (tertiary/aromatic N) is 4. The van der Waals surface area contributed by atoms with Gasteiger partial charge in [-0.2, -0.15) is 4.98 Å². The lowest BCUT2D eigenvalue weighted by atomic mass is 10.1. The van der Waals surface area contributed by atoms with E-state index < -0.39 is 42.4 Å². The molecule has 3 heterocycles. The summed E-state index contributed by atoms with van der Waals surface area (Å²) in [5.41, 5.74) is 1.21. The highest BCUT2D eigenvalue weighted by Crippen LogP contribution is 2.37. The first-order valence-corrected chi connectivity index (χ1v) is 14.1. The average molecular weight is 633 g/mol. The van der Waals surface area contributed by atoms with Crippen LogP contribution >= 0.6 is 23.2 Å². The molecule has 5 aromatic rings. The molecular formula is C31H22Cl2N4O7. The molecule has 3 aromatic carbocycles. The highest BCUT2D eigenvalue weighted by molar-refractivity contribution is 6.35. The summed E-state index contributed by atoms with van der Waals surface area (Å²) < 4.78 is 25.2. The molecule has 0 spiro atoms. The van der Waals surface area contributed by atoms with Crippen LogP contribution in [0.3, 0.4) is 0 Å². The first-order valence-electron chi connectivity index (χ1n) is 13.3. The first-order chi connectivity index (χ1) is 21.4. The normalized spacial score (nSPS) is 19.4. The van der Waals surface area contributed by atoms with Crippen molar-refractivity contribution in [2.75, 3.05) is 6.61 Å². The summed E-state index contributed by atoms with van der Waals surface area (Å²) in [7, 11) is 0. The molecule has 0 N–H and O–H groups in total. The minimum atomic E-state index is -1.26. The standard InChI is InChI=1S/C31H22Cl2N4O7/c32-25-22-26(36-31(33)35-25)37(17-34-22)27-24(44-30(40)20-14-8-3-9-15-20)23(43-29(39)19-12-6-2-7-13-19)21(42-27)16-41-28(38)18-10-4-1-5-11-18/h1-15,17,21,23-24,27H,16H2/t21-,23-,24-,27-/m0/s1. The van der Waals surface area contributed by atoms with Gasteiger partial charge in [0.25, 0.3) is 0 Å². The van der Waals surface area contributed by atoms with Crippen LogP contribution in [-0.2, 0) is 18.9 Å². The molecule has 2 aromatic heterocycles. The molecule has 4 atom stereocenters. The van der Waals surface area contributed by atoms with Crippen molar-refractivity contribution in [2.24, 2.45) is 0 Å². The zero-order valence-corrected chi connectivity index (χ0v) is 24.2. The SMILES string of the molecule is O=C(OC[C@@H]1O[C@H](n2cnc3c(Cl)nc(Cl)nc32)[C@@H](OC(=O)c2ccccc2)[C@H]1OC(=O)c1ccccc1)c1ccccc1. The maximum Gasteiger partial charge on any atom is 0.338 e. The van der Waals surface area contributed by atoms with Crippen molar-refractivity contribution in [3.8, 4) is 0 Å². The maximum absolute atomic E-state index is 13.4. The number of hydrogen-bond donors (Lipinski definition) is 0. The number of halogens is 2. The number of aromatic nitrogens is 4. The Morgan fingerprint density at radius 2 is 1.25 bits per heavy atom. The molecule has 0 radical (unpaired) electrons. The topological polar surface area (TPSA) is 132 Å². The lowest BCUT2D eigenvalue weighted by Gasteiger charge is -2.25. The van der Waals surface area contributed by atoms with Crippen LogP contribution in [0.15, 0.2) is 97.3 Å². The third-order valence-electron chi connectivity index (χ3n) is 6.80. The fraction of sp³-hybridized carbons (Fsp3) is 0.161. The summed E-state index contributed by atoms with van der Waals surface area (Å²) in [6.07, 6.45) is -3.39. The molecule has 1 aliphatic heterocycles. The highest BCUT2D eigenvalue weighted by Gasteiger charge is 2.52. The largest absolute Gasteiger partial charge is 0.459 e. The van der Waals surface area contributed by atoms with Crippen molar-refractivity contribution in [1.82, 2.24) is 19.5 Å². The second-order valence-electron chi connectivity index (χ2n) is 9.61. The Hall–Kier alpha value is -4.84. The van der Waals surface area contributed by atoms with Crippen molar-refractivity contribution < 1.29 is 33.3 Å². The fourth-order valence-corrected chi connectivity index (χ4v) is 5.15. The van der Waals surface area contributed by atoms with Gasteiger partial charge in [0.15, 0.2) is 29.2 Å². The Morgan fingerprint density at radius 3 is 1.82 bits per heavy atom. The predicted molar refractivity (Wildman–Crippen MR) is 157 cm³/mol. The highest BCUT2D eigenvalue weighted by atomic mass is 35.5. The van der Waals surface area contributed by atoms with Gasteiger partial charge < -0.3 is 18.9 Å². The van der Waals surface area contributed by atoms with Gasteiger partial charge in [-0.1, -0.05) is 66.2 Å². The van der Waals surface area contributed by atoms with Crippen molar-refractivity contribution in [1.29, 1.82) is 0 Å². The number of carbonyl (C=O) groups is 3. The zero-order chi connectivity index (χ0) is 30.6. The van der Waals surface area contributed by atoms with E-state index in [4.69, 9.17) is 42.1 Å². The van der Waals surface area contributed by atoms with E-state index >= 15 is 0 Å². The lowest BCUT2D eigenvalue weighted by Crippen LogP contribution is -2.41. The average Bonchev–Trinajstić information content (AvgIpc) is 3.62. The van der Waals surface area contributed by atoms with Gasteiger partial charge >= 0.3 is 17.9 Å². The molecule has 0 aliphatic carbocycles. The van der Waals surface area contributed by atoms with E-state index in [-0.39, 0.29) is 39.3 Å². The number of fused-ring (bicyclic) bond motifs is 1. The van der Waals surface area contributed by atoms with Crippen LogP contribution in [-0.4, -0.2) is 62.3 Å². The Kier molecular flexibility index (Phi) is 8.51. The summed E-state index contributed by atoms with van der Waals surface area (Å²) in [6, 6.07) is 24.9. The summed E-state index contributed by atoms with van der Waals surface area (Å²) in [5, 5.41) is -0.157. The molecule has 11 nitrogen and oxygen atoms in total. The number of carbonyl (C=O) groups excluding carboxylic acids is 3. The van der Waals surface area contributed by atoms with E-state index in [9.17, 15) is 14.4 Å². The molecule has 6 rings (SSSR count). The molecule has 1 fully saturated rings. The lowest BCUT2D eigenvalue weighted by molar-refractivity contribution is -0.0606. The Bertz CT molecular complexity index is 1810. The molecule has 0 amide bonds. The van der Waals surface area contributed by atoms with Crippen molar-refractivity contribution >= 4 is 52.3 Å². The van der Waals surface area contributed by atoms with Crippen molar-refractivity contribution in [3.05, 3.63) is 124 Å². The van der Waals surface area contributed by atoms with Gasteiger partial charge in [0, 0.05) is 0 Å².